The predicted molar refractivity (Wildman–Crippen MR) is 88.2 cm³/mol. The lowest BCUT2D eigenvalue weighted by Crippen LogP contribution is -2.04. The second kappa shape index (κ2) is 26.7. The number of hydrogen-bond donors (Lipinski definition) is 2. The molecule has 0 radical (unpaired) electrons. The van der Waals surface area contributed by atoms with Crippen molar-refractivity contribution in [2.75, 3.05) is 12.8 Å². The summed E-state index contributed by atoms with van der Waals surface area (Å²) in [5.41, 5.74) is 0. The van der Waals surface area contributed by atoms with Gasteiger partial charge in [-0.1, -0.05) is 34.1 Å². The van der Waals surface area contributed by atoms with Gasteiger partial charge in [0.2, 0.25) is 0 Å². The molecule has 0 spiro atoms. The first-order valence-electron chi connectivity index (χ1n) is 6.99. The van der Waals surface area contributed by atoms with Crippen LogP contribution in [0.1, 0.15) is 40.5 Å². The maximum atomic E-state index is 8.93. The molecule has 0 aromatic carbocycles. The van der Waals surface area contributed by atoms with Crippen LogP contribution in [0.25, 0.3) is 0 Å². The van der Waals surface area contributed by atoms with Gasteiger partial charge in [-0.15, -0.1) is 0 Å². The van der Waals surface area contributed by atoms with Gasteiger partial charge in [-0.3, -0.25) is 0 Å². The zero-order valence-corrected chi connectivity index (χ0v) is 17.5. The van der Waals surface area contributed by atoms with E-state index in [1.807, 2.05) is 16.4 Å². The Bertz CT molecular complexity index is 261. The van der Waals surface area contributed by atoms with Crippen molar-refractivity contribution >= 4 is 26.5 Å². The highest BCUT2D eigenvalue weighted by Crippen LogP contribution is 2.19. The lowest BCUT2D eigenvalue weighted by Gasteiger charge is -2.08. The molecule has 0 aliphatic rings. The van der Waals surface area contributed by atoms with Crippen LogP contribution < -0.4 is 4.89 Å². The van der Waals surface area contributed by atoms with Crippen molar-refractivity contribution in [3.05, 3.63) is 0 Å². The smallest absolute Gasteiger partial charge is 0.521 e. The van der Waals surface area contributed by atoms with Crippen molar-refractivity contribution < 1.29 is 59.0 Å². The standard InChI is InChI=1S/C5H14O8P2.C5H12.HO4P/c1-5(4-15-13-10-8-6)2-3-7-9-11-12-14;2*1-4-5(2)3/h5-6,15H,2-4,14H2,1H3;5H,4H2,1-3H3;1H. The van der Waals surface area contributed by atoms with E-state index in [1.54, 1.807) is 0 Å². The van der Waals surface area contributed by atoms with Crippen molar-refractivity contribution in [3.63, 3.8) is 0 Å². The summed E-state index contributed by atoms with van der Waals surface area (Å²) in [6.45, 7) is 8.99. The van der Waals surface area contributed by atoms with Gasteiger partial charge in [0.15, 0.2) is 0 Å². The minimum atomic E-state index is -3.04. The van der Waals surface area contributed by atoms with Crippen LogP contribution in [0.4, 0.5) is 0 Å². The monoisotopic (exact) mass is 432 g/mol. The van der Waals surface area contributed by atoms with E-state index < -0.39 is 8.25 Å². The van der Waals surface area contributed by atoms with Crippen LogP contribution in [0.5, 0.6) is 0 Å². The zero-order chi connectivity index (χ0) is 19.9. The fourth-order valence-electron chi connectivity index (χ4n) is 0.637. The SMILES string of the molecule is CC(CCOOOOP)CPOOOO.CCC(C)C.O=[P+]([O-])OO. The molecule has 0 aromatic rings. The Morgan fingerprint density at radius 2 is 1.76 bits per heavy atom. The van der Waals surface area contributed by atoms with Crippen molar-refractivity contribution in [2.24, 2.45) is 11.8 Å². The predicted octanol–water partition coefficient (Wildman–Crippen LogP) is 3.11. The Morgan fingerprint density at radius 1 is 1.20 bits per heavy atom. The van der Waals surface area contributed by atoms with E-state index in [2.05, 4.69) is 59.8 Å². The summed E-state index contributed by atoms with van der Waals surface area (Å²) in [5.74, 6) is 1.22. The van der Waals surface area contributed by atoms with Crippen LogP contribution in [0, 0.1) is 11.8 Å². The Morgan fingerprint density at radius 3 is 2.16 bits per heavy atom. The van der Waals surface area contributed by atoms with E-state index in [0.29, 0.717) is 12.5 Å². The van der Waals surface area contributed by atoms with Gasteiger partial charge in [-0.05, 0) is 49.1 Å². The lowest BCUT2D eigenvalue weighted by molar-refractivity contribution is -0.605. The molecule has 15 heteroatoms. The minimum absolute atomic E-state index is 0.0687. The van der Waals surface area contributed by atoms with E-state index >= 15 is 0 Å². The molecule has 4 atom stereocenters. The van der Waals surface area contributed by atoms with Crippen LogP contribution in [-0.2, 0) is 43.6 Å². The Balaban J connectivity index is -0.000000396. The third-order valence-electron chi connectivity index (χ3n) is 2.25. The summed E-state index contributed by atoms with van der Waals surface area (Å²) in [4.78, 5) is 13.5. The quantitative estimate of drug-likeness (QED) is 0.190. The summed E-state index contributed by atoms with van der Waals surface area (Å²) >= 11 is 0. The van der Waals surface area contributed by atoms with E-state index in [4.69, 9.17) is 20.0 Å². The minimum Gasteiger partial charge on any atom is -0.565 e. The molecule has 25 heavy (non-hydrogen) atoms. The van der Waals surface area contributed by atoms with Crippen LogP contribution in [0.15, 0.2) is 0 Å². The van der Waals surface area contributed by atoms with Crippen LogP contribution in [0.2, 0.25) is 0 Å². The second-order valence-electron chi connectivity index (χ2n) is 4.63. The molecule has 0 heterocycles. The second-order valence-corrected chi connectivity index (χ2v) is 6.30. The first kappa shape index (κ1) is 30.3. The Labute approximate surface area is 151 Å². The molecular weight excluding hydrogens is 405 g/mol. The average Bonchev–Trinajstić information content (AvgIpc) is 2.59. The first-order chi connectivity index (χ1) is 11.8. The molecule has 2 N–H and O–H groups in total. The van der Waals surface area contributed by atoms with Gasteiger partial charge in [0.05, 0.1) is 15.4 Å². The third kappa shape index (κ3) is 40.5. The normalized spacial score (nSPS) is 12.4. The van der Waals surface area contributed by atoms with E-state index in [1.165, 1.54) is 6.42 Å². The zero-order valence-electron chi connectivity index (χ0n) is 14.5. The molecule has 0 saturated heterocycles. The van der Waals surface area contributed by atoms with Crippen molar-refractivity contribution in [1.82, 2.24) is 0 Å². The average molecular weight is 432 g/mol. The van der Waals surface area contributed by atoms with Crippen LogP contribution in [0.3, 0.4) is 0 Å². The fourth-order valence-corrected chi connectivity index (χ4v) is 1.30. The summed E-state index contributed by atoms with van der Waals surface area (Å²) < 4.78 is 20.1. The molecule has 0 fully saturated rings. The van der Waals surface area contributed by atoms with Crippen LogP contribution in [-0.4, -0.2) is 23.3 Å². The third-order valence-corrected chi connectivity index (χ3v) is 3.51. The van der Waals surface area contributed by atoms with Gasteiger partial charge in [0.1, 0.15) is 0 Å². The maximum absolute atomic E-state index is 8.93. The molecular formula is C10H27O12P3. The number of rotatable bonds is 13. The molecule has 0 aliphatic carbocycles. The van der Waals surface area contributed by atoms with Crippen LogP contribution >= 0.6 is 26.5 Å². The highest BCUT2D eigenvalue weighted by Gasteiger charge is 2.03. The molecule has 154 valence electrons. The largest absolute Gasteiger partial charge is 0.565 e. The molecule has 0 bridgehead atoms. The summed E-state index contributed by atoms with van der Waals surface area (Å²) in [5, 5.41) is 30.0. The van der Waals surface area contributed by atoms with Crippen molar-refractivity contribution in [2.45, 2.75) is 40.5 Å². The molecule has 12 nitrogen and oxygen atoms in total. The fraction of sp³-hybridized carbons (Fsp3) is 1.00. The first-order valence-corrected chi connectivity index (χ1v) is 9.67. The lowest BCUT2D eigenvalue weighted by atomic mass is 10.1. The topological polar surface area (TPSA) is 154 Å². The molecule has 4 unspecified atom stereocenters. The molecule has 0 amide bonds. The summed E-state index contributed by atoms with van der Waals surface area (Å²) in [6.07, 6.45) is 2.80. The highest BCUT2D eigenvalue weighted by molar-refractivity contribution is 7.32. The molecule has 0 aromatic heterocycles. The molecule has 0 saturated carbocycles. The van der Waals surface area contributed by atoms with Gasteiger partial charge in [-0.2, -0.15) is 9.35 Å². The highest BCUT2D eigenvalue weighted by atomic mass is 31.1. The van der Waals surface area contributed by atoms with Gasteiger partial charge >= 0.3 is 8.25 Å². The number of hydrogen-bond acceptors (Lipinski definition) is 12. The van der Waals surface area contributed by atoms with Crippen molar-refractivity contribution in [1.29, 1.82) is 0 Å². The van der Waals surface area contributed by atoms with Gasteiger partial charge in [0, 0.05) is 14.1 Å². The maximum Gasteiger partial charge on any atom is 0.521 e. The molecule has 0 rings (SSSR count). The van der Waals surface area contributed by atoms with Gasteiger partial charge in [0.25, 0.3) is 0 Å². The Kier molecular flexibility index (Phi) is 32.4. The van der Waals surface area contributed by atoms with Crippen molar-refractivity contribution in [3.8, 4) is 0 Å². The van der Waals surface area contributed by atoms with Gasteiger partial charge < -0.3 is 4.89 Å². The van der Waals surface area contributed by atoms with E-state index in [9.17, 15) is 0 Å². The molecule has 0 aliphatic heterocycles. The van der Waals surface area contributed by atoms with Gasteiger partial charge in [-0.25, -0.2) is 15.4 Å². The van der Waals surface area contributed by atoms with E-state index in [0.717, 1.165) is 18.5 Å². The summed E-state index contributed by atoms with van der Waals surface area (Å²) in [6, 6.07) is 0. The summed E-state index contributed by atoms with van der Waals surface area (Å²) in [7, 11) is -1.15. The van der Waals surface area contributed by atoms with E-state index in [-0.39, 0.29) is 8.81 Å². The Hall–Kier alpha value is 0.520.